The van der Waals surface area contributed by atoms with E-state index in [9.17, 15) is 8.42 Å². The molecule has 0 bridgehead atoms. The first-order chi connectivity index (χ1) is 10.0. The molecule has 112 valence electrons. The number of rotatable bonds is 5. The number of hydrogen-bond donors (Lipinski definition) is 1. The van der Waals surface area contributed by atoms with Crippen molar-refractivity contribution in [3.8, 4) is 0 Å². The van der Waals surface area contributed by atoms with Crippen molar-refractivity contribution in [2.75, 3.05) is 23.2 Å². The minimum atomic E-state index is -3.72. The van der Waals surface area contributed by atoms with Crippen LogP contribution in [0.2, 0.25) is 0 Å². The number of nitrogens with one attached hydrogen (secondary N) is 1. The van der Waals surface area contributed by atoms with Crippen molar-refractivity contribution in [2.45, 2.75) is 11.8 Å². The van der Waals surface area contributed by atoms with Crippen LogP contribution in [0.1, 0.15) is 6.92 Å². The monoisotopic (exact) mass is 370 g/mol. The minimum absolute atomic E-state index is 0.123. The maximum absolute atomic E-state index is 12.9. The molecule has 0 aliphatic carbocycles. The van der Waals surface area contributed by atoms with Gasteiger partial charge in [0, 0.05) is 36.7 Å². The van der Waals surface area contributed by atoms with Crippen molar-refractivity contribution in [1.29, 1.82) is 0 Å². The van der Waals surface area contributed by atoms with Crippen molar-refractivity contribution in [3.05, 3.63) is 41.3 Å². The molecule has 0 atom stereocenters. The van der Waals surface area contributed by atoms with E-state index >= 15 is 0 Å². The Morgan fingerprint density at radius 2 is 2.00 bits per heavy atom. The molecule has 2 aromatic heterocycles. The van der Waals surface area contributed by atoms with E-state index in [1.54, 1.807) is 44.7 Å². The highest BCUT2D eigenvalue weighted by Gasteiger charge is 2.27. The van der Waals surface area contributed by atoms with E-state index in [0.29, 0.717) is 22.5 Å². The molecule has 2 heterocycles. The van der Waals surface area contributed by atoms with Crippen molar-refractivity contribution < 1.29 is 8.42 Å². The highest BCUT2D eigenvalue weighted by molar-refractivity contribution is 9.10. The first-order valence-electron chi connectivity index (χ1n) is 6.26. The Hall–Kier alpha value is -1.67. The van der Waals surface area contributed by atoms with Gasteiger partial charge in [-0.15, -0.1) is 0 Å². The number of anilines is 2. The fraction of sp³-hybridized carbons (Fsp3) is 0.231. The lowest BCUT2D eigenvalue weighted by atomic mass is 10.4. The van der Waals surface area contributed by atoms with Crippen LogP contribution in [0.5, 0.6) is 0 Å². The standard InChI is InChI=1S/C13H15BrN4O2S/c1-3-18(11-4-6-16-7-5-11)21(19,20)12-8-10(14)9-17-13(12)15-2/h4-9H,3H2,1-2H3,(H,15,17). The average molecular weight is 371 g/mol. The molecule has 2 aromatic rings. The van der Waals surface area contributed by atoms with Gasteiger partial charge in [0.25, 0.3) is 10.0 Å². The quantitative estimate of drug-likeness (QED) is 0.874. The largest absolute Gasteiger partial charge is 0.372 e. The summed E-state index contributed by atoms with van der Waals surface area (Å²) in [4.78, 5) is 8.13. The summed E-state index contributed by atoms with van der Waals surface area (Å²) in [6, 6.07) is 4.86. The lowest BCUT2D eigenvalue weighted by Gasteiger charge is -2.23. The van der Waals surface area contributed by atoms with Gasteiger partial charge in [-0.2, -0.15) is 0 Å². The van der Waals surface area contributed by atoms with Gasteiger partial charge < -0.3 is 5.32 Å². The highest BCUT2D eigenvalue weighted by atomic mass is 79.9. The Balaban J connectivity index is 2.58. The predicted octanol–water partition coefficient (Wildman–Crippen LogP) is 2.50. The molecule has 0 unspecified atom stereocenters. The summed E-state index contributed by atoms with van der Waals surface area (Å²) in [6.45, 7) is 2.09. The Morgan fingerprint density at radius 3 is 2.57 bits per heavy atom. The number of nitrogens with zero attached hydrogens (tertiary/aromatic N) is 3. The van der Waals surface area contributed by atoms with E-state index in [-0.39, 0.29) is 4.90 Å². The summed E-state index contributed by atoms with van der Waals surface area (Å²) < 4.78 is 27.7. The zero-order chi connectivity index (χ0) is 15.5. The second-order valence-electron chi connectivity index (χ2n) is 4.13. The second-order valence-corrected chi connectivity index (χ2v) is 6.87. The topological polar surface area (TPSA) is 75.2 Å². The molecule has 21 heavy (non-hydrogen) atoms. The van der Waals surface area contributed by atoms with Gasteiger partial charge in [-0.25, -0.2) is 13.4 Å². The first-order valence-corrected chi connectivity index (χ1v) is 8.50. The molecule has 0 saturated heterocycles. The summed E-state index contributed by atoms with van der Waals surface area (Å²) in [7, 11) is -2.08. The summed E-state index contributed by atoms with van der Waals surface area (Å²) in [5.74, 6) is 0.311. The van der Waals surface area contributed by atoms with Crippen molar-refractivity contribution >= 4 is 37.5 Å². The molecule has 0 amide bonds. The van der Waals surface area contributed by atoms with E-state index in [4.69, 9.17) is 0 Å². The van der Waals surface area contributed by atoms with E-state index in [2.05, 4.69) is 31.2 Å². The molecule has 1 N–H and O–H groups in total. The molecule has 6 nitrogen and oxygen atoms in total. The molecular weight excluding hydrogens is 356 g/mol. The number of halogens is 1. The van der Waals surface area contributed by atoms with Gasteiger partial charge in [-0.3, -0.25) is 9.29 Å². The van der Waals surface area contributed by atoms with Crippen molar-refractivity contribution in [3.63, 3.8) is 0 Å². The SMILES string of the molecule is CCN(c1ccncc1)S(=O)(=O)c1cc(Br)cnc1NC. The van der Waals surface area contributed by atoms with Crippen LogP contribution in [0.25, 0.3) is 0 Å². The van der Waals surface area contributed by atoms with Crippen LogP contribution in [0.4, 0.5) is 11.5 Å². The van der Waals surface area contributed by atoms with Crippen molar-refractivity contribution in [1.82, 2.24) is 9.97 Å². The smallest absolute Gasteiger partial charge is 0.268 e. The third-order valence-electron chi connectivity index (χ3n) is 2.86. The molecule has 0 aromatic carbocycles. The van der Waals surface area contributed by atoms with Crippen molar-refractivity contribution in [2.24, 2.45) is 0 Å². The fourth-order valence-corrected chi connectivity index (χ4v) is 4.06. The molecule has 0 spiro atoms. The summed E-state index contributed by atoms with van der Waals surface area (Å²) in [5.41, 5.74) is 0.564. The molecule has 8 heteroatoms. The van der Waals surface area contributed by atoms with Gasteiger partial charge in [-0.1, -0.05) is 0 Å². The van der Waals surface area contributed by atoms with Crippen LogP contribution < -0.4 is 9.62 Å². The summed E-state index contributed by atoms with van der Waals surface area (Å²) in [6.07, 6.45) is 4.67. The van der Waals surface area contributed by atoms with Crippen LogP contribution in [-0.2, 0) is 10.0 Å². The molecule has 0 aliphatic rings. The van der Waals surface area contributed by atoms with E-state index < -0.39 is 10.0 Å². The second kappa shape index (κ2) is 6.40. The molecule has 0 saturated carbocycles. The fourth-order valence-electron chi connectivity index (χ4n) is 1.93. The number of sulfonamides is 1. The highest BCUT2D eigenvalue weighted by Crippen LogP contribution is 2.28. The Bertz CT molecular complexity index is 722. The number of pyridine rings is 2. The third kappa shape index (κ3) is 3.16. The van der Waals surface area contributed by atoms with E-state index in [0.717, 1.165) is 0 Å². The van der Waals surface area contributed by atoms with E-state index in [1.165, 1.54) is 10.4 Å². The molecule has 0 fully saturated rings. The van der Waals surface area contributed by atoms with Gasteiger partial charge in [-0.05, 0) is 41.1 Å². The van der Waals surface area contributed by atoms with Gasteiger partial charge in [0.05, 0.1) is 5.69 Å². The lowest BCUT2D eigenvalue weighted by molar-refractivity contribution is 0.591. The Kier molecular flexibility index (Phi) is 4.79. The lowest BCUT2D eigenvalue weighted by Crippen LogP contribution is -2.31. The normalized spacial score (nSPS) is 11.2. The van der Waals surface area contributed by atoms with Gasteiger partial charge in [0.2, 0.25) is 0 Å². The summed E-state index contributed by atoms with van der Waals surface area (Å²) in [5, 5.41) is 2.81. The van der Waals surface area contributed by atoms with Crippen LogP contribution in [0.15, 0.2) is 46.2 Å². The summed E-state index contributed by atoms with van der Waals surface area (Å²) >= 11 is 3.26. The Morgan fingerprint density at radius 1 is 1.33 bits per heavy atom. The van der Waals surface area contributed by atoms with Crippen LogP contribution in [-0.4, -0.2) is 32.0 Å². The minimum Gasteiger partial charge on any atom is -0.372 e. The molecule has 2 rings (SSSR count). The maximum Gasteiger partial charge on any atom is 0.268 e. The maximum atomic E-state index is 12.9. The first kappa shape index (κ1) is 15.7. The number of aromatic nitrogens is 2. The van der Waals surface area contributed by atoms with Crippen LogP contribution >= 0.6 is 15.9 Å². The molecule has 0 radical (unpaired) electrons. The van der Waals surface area contributed by atoms with Crippen LogP contribution in [0.3, 0.4) is 0 Å². The van der Waals surface area contributed by atoms with E-state index in [1.807, 2.05) is 0 Å². The van der Waals surface area contributed by atoms with Gasteiger partial charge in [0.1, 0.15) is 10.7 Å². The number of hydrogen-bond acceptors (Lipinski definition) is 5. The Labute approximate surface area is 132 Å². The zero-order valence-electron chi connectivity index (χ0n) is 11.6. The van der Waals surface area contributed by atoms with Gasteiger partial charge >= 0.3 is 0 Å². The van der Waals surface area contributed by atoms with Gasteiger partial charge in [0.15, 0.2) is 0 Å². The average Bonchev–Trinajstić information content (AvgIpc) is 2.49. The molecular formula is C13H15BrN4O2S. The van der Waals surface area contributed by atoms with Crippen LogP contribution in [0, 0.1) is 0 Å². The molecule has 0 aliphatic heterocycles. The predicted molar refractivity (Wildman–Crippen MR) is 85.9 cm³/mol. The zero-order valence-corrected chi connectivity index (χ0v) is 14.0. The third-order valence-corrected chi connectivity index (χ3v) is 5.21.